The SMILES string of the molecule is CN=C(NCCOC1CCCCCC1)NCc1cccc(OC)n1.I. The molecule has 1 aromatic heterocycles. The van der Waals surface area contributed by atoms with Gasteiger partial charge in [0.25, 0.3) is 0 Å². The third kappa shape index (κ3) is 8.71. The van der Waals surface area contributed by atoms with Gasteiger partial charge in [-0.05, 0) is 18.9 Å². The van der Waals surface area contributed by atoms with Crippen LogP contribution in [0.3, 0.4) is 0 Å². The van der Waals surface area contributed by atoms with E-state index in [1.54, 1.807) is 14.2 Å². The number of pyridine rings is 1. The van der Waals surface area contributed by atoms with Gasteiger partial charge in [-0.15, -0.1) is 24.0 Å². The smallest absolute Gasteiger partial charge is 0.213 e. The number of hydrogen-bond acceptors (Lipinski definition) is 4. The Morgan fingerprint density at radius 3 is 2.64 bits per heavy atom. The summed E-state index contributed by atoms with van der Waals surface area (Å²) in [7, 11) is 3.38. The number of nitrogens with zero attached hydrogens (tertiary/aromatic N) is 2. The monoisotopic (exact) mass is 462 g/mol. The van der Waals surface area contributed by atoms with E-state index >= 15 is 0 Å². The molecule has 1 aliphatic rings. The first-order valence-corrected chi connectivity index (χ1v) is 8.88. The van der Waals surface area contributed by atoms with Crippen molar-refractivity contribution in [2.24, 2.45) is 4.99 Å². The number of guanidine groups is 1. The van der Waals surface area contributed by atoms with Gasteiger partial charge in [0.15, 0.2) is 5.96 Å². The van der Waals surface area contributed by atoms with Crippen LogP contribution in [-0.2, 0) is 11.3 Å². The Morgan fingerprint density at radius 1 is 1.20 bits per heavy atom. The summed E-state index contributed by atoms with van der Waals surface area (Å²) < 4.78 is 11.1. The molecule has 7 heteroatoms. The van der Waals surface area contributed by atoms with Gasteiger partial charge in [0.05, 0.1) is 32.1 Å². The zero-order chi connectivity index (χ0) is 17.0. The number of methoxy groups -OCH3 is 1. The largest absolute Gasteiger partial charge is 0.481 e. The minimum Gasteiger partial charge on any atom is -0.481 e. The summed E-state index contributed by atoms with van der Waals surface area (Å²) in [6.45, 7) is 2.06. The van der Waals surface area contributed by atoms with Gasteiger partial charge in [-0.25, -0.2) is 4.98 Å². The second-order valence-electron chi connectivity index (χ2n) is 6.01. The summed E-state index contributed by atoms with van der Waals surface area (Å²) in [4.78, 5) is 8.60. The molecule has 1 fully saturated rings. The fourth-order valence-corrected chi connectivity index (χ4v) is 2.87. The molecule has 2 rings (SSSR count). The number of halogens is 1. The van der Waals surface area contributed by atoms with Crippen LogP contribution in [0.5, 0.6) is 5.88 Å². The Bertz CT molecular complexity index is 506. The normalized spacial score (nSPS) is 15.8. The fraction of sp³-hybridized carbons (Fsp3) is 0.667. The lowest BCUT2D eigenvalue weighted by atomic mass is 10.1. The maximum absolute atomic E-state index is 5.98. The van der Waals surface area contributed by atoms with Crippen LogP contribution < -0.4 is 15.4 Å². The van der Waals surface area contributed by atoms with Crippen molar-refractivity contribution in [3.8, 4) is 5.88 Å². The summed E-state index contributed by atoms with van der Waals surface area (Å²) >= 11 is 0. The molecular weight excluding hydrogens is 431 g/mol. The summed E-state index contributed by atoms with van der Waals surface area (Å²) in [6.07, 6.45) is 8.15. The van der Waals surface area contributed by atoms with E-state index in [0.717, 1.165) is 18.2 Å². The molecule has 142 valence electrons. The lowest BCUT2D eigenvalue weighted by Crippen LogP contribution is -2.39. The van der Waals surface area contributed by atoms with Crippen molar-refractivity contribution in [2.75, 3.05) is 27.3 Å². The predicted octanol–water partition coefficient (Wildman–Crippen LogP) is 3.11. The number of aromatic nitrogens is 1. The third-order valence-electron chi connectivity index (χ3n) is 4.20. The molecule has 0 saturated heterocycles. The molecule has 0 aromatic carbocycles. The second-order valence-corrected chi connectivity index (χ2v) is 6.01. The van der Waals surface area contributed by atoms with Crippen LogP contribution in [0.1, 0.15) is 44.2 Å². The van der Waals surface area contributed by atoms with Gasteiger partial charge in [0.2, 0.25) is 5.88 Å². The lowest BCUT2D eigenvalue weighted by molar-refractivity contribution is 0.0468. The van der Waals surface area contributed by atoms with E-state index in [1.807, 2.05) is 18.2 Å². The first kappa shape index (κ1) is 22.0. The van der Waals surface area contributed by atoms with Gasteiger partial charge < -0.3 is 20.1 Å². The van der Waals surface area contributed by atoms with Crippen LogP contribution in [0.2, 0.25) is 0 Å². The van der Waals surface area contributed by atoms with Gasteiger partial charge in [-0.3, -0.25) is 4.99 Å². The van der Waals surface area contributed by atoms with Crippen LogP contribution in [0, 0.1) is 0 Å². The molecule has 2 N–H and O–H groups in total. The maximum Gasteiger partial charge on any atom is 0.213 e. The Kier molecular flexibility index (Phi) is 11.6. The Morgan fingerprint density at radius 2 is 1.96 bits per heavy atom. The first-order valence-electron chi connectivity index (χ1n) is 8.88. The highest BCUT2D eigenvalue weighted by atomic mass is 127. The highest BCUT2D eigenvalue weighted by Crippen LogP contribution is 2.19. The topological polar surface area (TPSA) is 67.8 Å². The quantitative estimate of drug-likeness (QED) is 0.214. The number of nitrogens with one attached hydrogen (secondary N) is 2. The van der Waals surface area contributed by atoms with Gasteiger partial charge in [-0.1, -0.05) is 31.7 Å². The molecule has 6 nitrogen and oxygen atoms in total. The van der Waals surface area contributed by atoms with Crippen LogP contribution in [0.15, 0.2) is 23.2 Å². The van der Waals surface area contributed by atoms with Crippen molar-refractivity contribution in [1.82, 2.24) is 15.6 Å². The molecule has 0 spiro atoms. The lowest BCUT2D eigenvalue weighted by Gasteiger charge is -2.16. The molecule has 0 amide bonds. The summed E-state index contributed by atoms with van der Waals surface area (Å²) in [5.41, 5.74) is 0.909. The number of ether oxygens (including phenoxy) is 2. The highest BCUT2D eigenvalue weighted by molar-refractivity contribution is 14.0. The molecule has 1 heterocycles. The van der Waals surface area contributed by atoms with Crippen LogP contribution in [0.4, 0.5) is 0 Å². The van der Waals surface area contributed by atoms with E-state index in [9.17, 15) is 0 Å². The number of rotatable bonds is 7. The maximum atomic E-state index is 5.98. The molecule has 1 aliphatic carbocycles. The van der Waals surface area contributed by atoms with E-state index in [4.69, 9.17) is 9.47 Å². The van der Waals surface area contributed by atoms with E-state index in [1.165, 1.54) is 38.5 Å². The van der Waals surface area contributed by atoms with Gasteiger partial charge in [0, 0.05) is 19.7 Å². The molecular formula is C18H31IN4O2. The molecule has 0 unspecified atom stereocenters. The molecule has 1 saturated carbocycles. The molecule has 1 aromatic rings. The molecule has 0 aliphatic heterocycles. The standard InChI is InChI=1S/C18H30N4O2.HI/c1-19-18(21-14-15-8-7-11-17(22-15)23-2)20-12-13-24-16-9-5-3-4-6-10-16;/h7-8,11,16H,3-6,9-10,12-14H2,1-2H3,(H2,19,20,21);1H. The van der Waals surface area contributed by atoms with E-state index in [2.05, 4.69) is 20.6 Å². The van der Waals surface area contributed by atoms with Crippen molar-refractivity contribution < 1.29 is 9.47 Å². The summed E-state index contributed by atoms with van der Waals surface area (Å²) in [5, 5.41) is 6.53. The van der Waals surface area contributed by atoms with Crippen molar-refractivity contribution >= 4 is 29.9 Å². The second kappa shape index (κ2) is 13.2. The van der Waals surface area contributed by atoms with Crippen molar-refractivity contribution in [2.45, 2.75) is 51.2 Å². The first-order chi connectivity index (χ1) is 11.8. The molecule has 0 radical (unpaired) electrons. The van der Waals surface area contributed by atoms with Crippen molar-refractivity contribution in [3.05, 3.63) is 23.9 Å². The minimum atomic E-state index is 0. The van der Waals surface area contributed by atoms with Crippen molar-refractivity contribution in [1.29, 1.82) is 0 Å². The number of hydrogen-bond donors (Lipinski definition) is 2. The molecule has 25 heavy (non-hydrogen) atoms. The van der Waals surface area contributed by atoms with E-state index in [-0.39, 0.29) is 24.0 Å². The van der Waals surface area contributed by atoms with E-state index in [0.29, 0.717) is 25.1 Å². The Labute approximate surface area is 168 Å². The summed E-state index contributed by atoms with van der Waals surface area (Å²) in [5.74, 6) is 1.37. The average Bonchev–Trinajstić information content (AvgIpc) is 2.90. The average molecular weight is 462 g/mol. The minimum absolute atomic E-state index is 0. The van der Waals surface area contributed by atoms with Crippen molar-refractivity contribution in [3.63, 3.8) is 0 Å². The molecule has 0 atom stereocenters. The highest BCUT2D eigenvalue weighted by Gasteiger charge is 2.12. The zero-order valence-corrected chi connectivity index (χ0v) is 17.6. The van der Waals surface area contributed by atoms with Gasteiger partial charge >= 0.3 is 0 Å². The Hall–Kier alpha value is -1.09. The Balaban J connectivity index is 0.00000312. The van der Waals surface area contributed by atoms with Crippen LogP contribution in [-0.4, -0.2) is 44.4 Å². The fourth-order valence-electron chi connectivity index (χ4n) is 2.87. The molecule has 0 bridgehead atoms. The van der Waals surface area contributed by atoms with Crippen LogP contribution in [0.25, 0.3) is 0 Å². The van der Waals surface area contributed by atoms with E-state index < -0.39 is 0 Å². The van der Waals surface area contributed by atoms with Gasteiger partial charge in [-0.2, -0.15) is 0 Å². The zero-order valence-electron chi connectivity index (χ0n) is 15.3. The third-order valence-corrected chi connectivity index (χ3v) is 4.20. The number of aliphatic imine (C=N–C) groups is 1. The summed E-state index contributed by atoms with van der Waals surface area (Å²) in [6, 6.07) is 5.72. The predicted molar refractivity (Wildman–Crippen MR) is 112 cm³/mol. The van der Waals surface area contributed by atoms with Gasteiger partial charge in [0.1, 0.15) is 0 Å². The van der Waals surface area contributed by atoms with Crippen LogP contribution >= 0.6 is 24.0 Å².